The van der Waals surface area contributed by atoms with Crippen molar-refractivity contribution in [1.29, 1.82) is 0 Å². The number of aliphatic hydroxyl groups excluding tert-OH is 1. The van der Waals surface area contributed by atoms with E-state index >= 15 is 0 Å². The van der Waals surface area contributed by atoms with Crippen molar-refractivity contribution in [3.05, 3.63) is 0 Å². The van der Waals surface area contributed by atoms with E-state index in [9.17, 15) is 9.90 Å². The summed E-state index contributed by atoms with van der Waals surface area (Å²) in [4.78, 5) is 10.7. The lowest BCUT2D eigenvalue weighted by atomic mass is 10.2. The summed E-state index contributed by atoms with van der Waals surface area (Å²) in [6.07, 6.45) is 0.242. The van der Waals surface area contributed by atoms with E-state index in [0.717, 1.165) is 6.42 Å². The van der Waals surface area contributed by atoms with Crippen molar-refractivity contribution < 1.29 is 19.4 Å². The highest BCUT2D eigenvalue weighted by atomic mass is 16.5. The predicted octanol–water partition coefficient (Wildman–Crippen LogP) is 0.725. The predicted molar refractivity (Wildman–Crippen MR) is 48.3 cm³/mol. The molecule has 0 fully saturated rings. The molecule has 0 rings (SSSR count). The number of carbonyl (C=O) groups excluding carboxylic acids is 1. The zero-order valence-electron chi connectivity index (χ0n) is 8.45. The zero-order valence-corrected chi connectivity index (χ0v) is 8.45. The van der Waals surface area contributed by atoms with Crippen LogP contribution in [0.15, 0.2) is 0 Å². The van der Waals surface area contributed by atoms with Gasteiger partial charge in [-0.15, -0.1) is 0 Å². The largest absolute Gasteiger partial charge is 0.469 e. The van der Waals surface area contributed by atoms with Gasteiger partial charge in [-0.05, 0) is 13.3 Å². The first-order valence-electron chi connectivity index (χ1n) is 4.46. The molecule has 0 saturated carbocycles. The summed E-state index contributed by atoms with van der Waals surface area (Å²) in [5.74, 6) is -0.416. The third-order valence-electron chi connectivity index (χ3n) is 1.78. The SMILES string of the molecule is CCC(C)OCC(O)CC(=O)OC. The standard InChI is InChI=1S/C9H18O4/c1-4-7(2)13-6-8(10)5-9(11)12-3/h7-8,10H,4-6H2,1-3H3. The van der Waals surface area contributed by atoms with Gasteiger partial charge in [0.05, 0.1) is 32.3 Å². The normalized spacial score (nSPS) is 15.1. The monoisotopic (exact) mass is 190 g/mol. The van der Waals surface area contributed by atoms with Gasteiger partial charge in [0.15, 0.2) is 0 Å². The molecule has 2 unspecified atom stereocenters. The highest BCUT2D eigenvalue weighted by Gasteiger charge is 2.11. The summed E-state index contributed by atoms with van der Waals surface area (Å²) < 4.78 is 9.64. The van der Waals surface area contributed by atoms with Crippen LogP contribution in [0.2, 0.25) is 0 Å². The van der Waals surface area contributed by atoms with Gasteiger partial charge in [-0.1, -0.05) is 6.92 Å². The van der Waals surface area contributed by atoms with E-state index in [-0.39, 0.29) is 19.1 Å². The lowest BCUT2D eigenvalue weighted by Crippen LogP contribution is -2.23. The van der Waals surface area contributed by atoms with Crippen molar-refractivity contribution in [3.8, 4) is 0 Å². The Bertz CT molecular complexity index is 147. The minimum atomic E-state index is -0.763. The smallest absolute Gasteiger partial charge is 0.308 e. The van der Waals surface area contributed by atoms with E-state index < -0.39 is 12.1 Å². The Balaban J connectivity index is 3.50. The molecule has 0 saturated heterocycles. The second-order valence-corrected chi connectivity index (χ2v) is 2.99. The minimum absolute atomic E-state index is 0.00701. The van der Waals surface area contributed by atoms with Crippen LogP contribution in [0.4, 0.5) is 0 Å². The third-order valence-corrected chi connectivity index (χ3v) is 1.78. The van der Waals surface area contributed by atoms with Crippen molar-refractivity contribution in [2.75, 3.05) is 13.7 Å². The average Bonchev–Trinajstić information content (AvgIpc) is 2.13. The summed E-state index contributed by atoms with van der Waals surface area (Å²) >= 11 is 0. The number of aliphatic hydroxyl groups is 1. The van der Waals surface area contributed by atoms with Crippen LogP contribution in [0, 0.1) is 0 Å². The van der Waals surface area contributed by atoms with Gasteiger partial charge in [-0.25, -0.2) is 0 Å². The molecule has 0 aliphatic carbocycles. The van der Waals surface area contributed by atoms with E-state index in [1.54, 1.807) is 0 Å². The molecule has 0 bridgehead atoms. The average molecular weight is 190 g/mol. The second-order valence-electron chi connectivity index (χ2n) is 2.99. The Labute approximate surface area is 78.8 Å². The molecule has 4 heteroatoms. The van der Waals surface area contributed by atoms with Gasteiger partial charge in [-0.2, -0.15) is 0 Å². The summed E-state index contributed by atoms with van der Waals surface area (Å²) in [5.41, 5.74) is 0. The molecule has 0 aromatic rings. The Morgan fingerprint density at radius 2 is 2.15 bits per heavy atom. The second kappa shape index (κ2) is 6.86. The van der Waals surface area contributed by atoms with Crippen molar-refractivity contribution in [2.24, 2.45) is 0 Å². The molecule has 0 aromatic heterocycles. The van der Waals surface area contributed by atoms with Gasteiger partial charge >= 0.3 is 5.97 Å². The number of methoxy groups -OCH3 is 1. The van der Waals surface area contributed by atoms with E-state index in [1.165, 1.54) is 7.11 Å². The van der Waals surface area contributed by atoms with Gasteiger partial charge in [-0.3, -0.25) is 4.79 Å². The molecule has 2 atom stereocenters. The maximum absolute atomic E-state index is 10.7. The lowest BCUT2D eigenvalue weighted by Gasteiger charge is -2.13. The van der Waals surface area contributed by atoms with Crippen LogP contribution >= 0.6 is 0 Å². The van der Waals surface area contributed by atoms with Crippen molar-refractivity contribution in [2.45, 2.75) is 38.9 Å². The number of ether oxygens (including phenoxy) is 2. The molecule has 0 radical (unpaired) electrons. The van der Waals surface area contributed by atoms with Crippen molar-refractivity contribution in [1.82, 2.24) is 0 Å². The molecule has 0 aliphatic heterocycles. The molecule has 0 aliphatic rings. The first kappa shape index (κ1) is 12.4. The quantitative estimate of drug-likeness (QED) is 0.627. The number of hydrogen-bond acceptors (Lipinski definition) is 4. The fraction of sp³-hybridized carbons (Fsp3) is 0.889. The van der Waals surface area contributed by atoms with E-state index in [1.807, 2.05) is 13.8 Å². The van der Waals surface area contributed by atoms with Gasteiger partial charge in [0.1, 0.15) is 0 Å². The van der Waals surface area contributed by atoms with Crippen molar-refractivity contribution >= 4 is 5.97 Å². The number of hydrogen-bond donors (Lipinski definition) is 1. The maximum Gasteiger partial charge on any atom is 0.308 e. The lowest BCUT2D eigenvalue weighted by molar-refractivity contribution is -0.144. The van der Waals surface area contributed by atoms with Crippen LogP contribution in [0.3, 0.4) is 0 Å². The van der Waals surface area contributed by atoms with Gasteiger partial charge in [0.25, 0.3) is 0 Å². The molecule has 4 nitrogen and oxygen atoms in total. The fourth-order valence-electron chi connectivity index (χ4n) is 0.728. The Hall–Kier alpha value is -0.610. The molecular weight excluding hydrogens is 172 g/mol. The summed E-state index contributed by atoms with van der Waals surface area (Å²) in [5, 5.41) is 9.27. The summed E-state index contributed by atoms with van der Waals surface area (Å²) in [6, 6.07) is 0. The highest BCUT2D eigenvalue weighted by Crippen LogP contribution is 2.00. The van der Waals surface area contributed by atoms with Crippen LogP contribution in [-0.4, -0.2) is 37.0 Å². The summed E-state index contributed by atoms with van der Waals surface area (Å²) in [7, 11) is 1.30. The Morgan fingerprint density at radius 1 is 1.54 bits per heavy atom. The van der Waals surface area contributed by atoms with Crippen LogP contribution in [0.5, 0.6) is 0 Å². The van der Waals surface area contributed by atoms with E-state index in [4.69, 9.17) is 4.74 Å². The Morgan fingerprint density at radius 3 is 2.62 bits per heavy atom. The molecule has 13 heavy (non-hydrogen) atoms. The molecule has 78 valence electrons. The van der Waals surface area contributed by atoms with E-state index in [0.29, 0.717) is 0 Å². The molecule has 0 heterocycles. The first-order chi connectivity index (χ1) is 6.10. The minimum Gasteiger partial charge on any atom is -0.469 e. The molecule has 0 amide bonds. The Kier molecular flexibility index (Phi) is 6.54. The number of rotatable bonds is 6. The van der Waals surface area contributed by atoms with Crippen LogP contribution in [0.1, 0.15) is 26.7 Å². The topological polar surface area (TPSA) is 55.8 Å². The molecule has 0 aromatic carbocycles. The fourth-order valence-corrected chi connectivity index (χ4v) is 0.728. The highest BCUT2D eigenvalue weighted by molar-refractivity contribution is 5.69. The van der Waals surface area contributed by atoms with Crippen LogP contribution in [-0.2, 0) is 14.3 Å². The first-order valence-corrected chi connectivity index (χ1v) is 4.46. The number of carbonyl (C=O) groups is 1. The third kappa shape index (κ3) is 6.54. The maximum atomic E-state index is 10.7. The van der Waals surface area contributed by atoms with Crippen LogP contribution in [0.25, 0.3) is 0 Å². The number of esters is 1. The zero-order chi connectivity index (χ0) is 10.3. The van der Waals surface area contributed by atoms with E-state index in [2.05, 4.69) is 4.74 Å². The van der Waals surface area contributed by atoms with Crippen molar-refractivity contribution in [3.63, 3.8) is 0 Å². The molecular formula is C9H18O4. The molecule has 1 N–H and O–H groups in total. The van der Waals surface area contributed by atoms with Gasteiger partial charge in [0, 0.05) is 0 Å². The van der Waals surface area contributed by atoms with Crippen LogP contribution < -0.4 is 0 Å². The summed E-state index contributed by atoms with van der Waals surface area (Å²) in [6.45, 7) is 4.10. The molecule has 0 spiro atoms. The van der Waals surface area contributed by atoms with Gasteiger partial charge in [0.2, 0.25) is 0 Å². The van der Waals surface area contributed by atoms with Gasteiger partial charge < -0.3 is 14.6 Å².